The molecular weight excluding hydrogens is 600 g/mol. The first-order chi connectivity index (χ1) is 22.5. The Morgan fingerprint density at radius 1 is 0.915 bits per heavy atom. The largest absolute Gasteiger partial charge is 0.508 e. The van der Waals surface area contributed by atoms with Crippen LogP contribution in [0.15, 0.2) is 57.7 Å². The summed E-state index contributed by atoms with van der Waals surface area (Å²) in [4.78, 5) is 13.8. The van der Waals surface area contributed by atoms with Crippen molar-refractivity contribution in [3.63, 3.8) is 0 Å². The molecule has 0 aliphatic heterocycles. The summed E-state index contributed by atoms with van der Waals surface area (Å²) in [5, 5.41) is 63.8. The Kier molecular flexibility index (Phi) is 11.0. The summed E-state index contributed by atoms with van der Waals surface area (Å²) in [5.74, 6) is -0.324. The van der Waals surface area contributed by atoms with E-state index in [0.29, 0.717) is 48.3 Å². The van der Waals surface area contributed by atoms with E-state index in [4.69, 9.17) is 9.15 Å². The van der Waals surface area contributed by atoms with Gasteiger partial charge in [0.25, 0.3) is 0 Å². The maximum absolute atomic E-state index is 13.8. The third-order valence-corrected chi connectivity index (χ3v) is 9.04. The highest BCUT2D eigenvalue weighted by Crippen LogP contribution is 2.40. The lowest BCUT2D eigenvalue weighted by atomic mass is 9.84. The molecule has 2 atom stereocenters. The number of hydrogen-bond acceptors (Lipinski definition) is 9. The van der Waals surface area contributed by atoms with Gasteiger partial charge in [-0.25, -0.2) is 0 Å². The first-order valence-corrected chi connectivity index (χ1v) is 16.7. The number of benzene rings is 3. The molecule has 3 aromatic carbocycles. The van der Waals surface area contributed by atoms with E-state index in [1.807, 2.05) is 19.9 Å². The molecular formula is C38H46O9. The first kappa shape index (κ1) is 34.1. The molecule has 5 rings (SSSR count). The predicted octanol–water partition coefficient (Wildman–Crippen LogP) is 6.92. The van der Waals surface area contributed by atoms with Gasteiger partial charge in [-0.2, -0.15) is 0 Å². The Balaban J connectivity index is 1.56. The van der Waals surface area contributed by atoms with Crippen molar-refractivity contribution < 1.29 is 39.8 Å². The molecule has 1 aromatic heterocycles. The number of phenolic OH excluding ortho intramolecular Hbond substituents is 3. The number of hydrogen-bond donors (Lipinski definition) is 6. The SMILES string of the molecule is CC(C)Cc1cc(-c2oc3cc(O)cc(O[C@H](CCCO)[C@H](O)CC4CCCCC4)c3c(=O)c2O)cc(Cc2cccc(O)c2)c1O. The molecule has 6 N–H and O–H groups in total. The quantitative estimate of drug-likeness (QED) is 0.0906. The number of phenols is 3. The van der Waals surface area contributed by atoms with Gasteiger partial charge in [-0.05, 0) is 78.5 Å². The van der Waals surface area contributed by atoms with Gasteiger partial charge in [-0.3, -0.25) is 4.79 Å². The van der Waals surface area contributed by atoms with Gasteiger partial charge in [0.05, 0.1) is 6.10 Å². The number of ether oxygens (including phenoxy) is 1. The first-order valence-electron chi connectivity index (χ1n) is 16.7. The fourth-order valence-electron chi connectivity index (χ4n) is 6.76. The van der Waals surface area contributed by atoms with E-state index < -0.39 is 23.4 Å². The van der Waals surface area contributed by atoms with Gasteiger partial charge in [-0.15, -0.1) is 0 Å². The minimum absolute atomic E-state index is 0.0199. The third kappa shape index (κ3) is 8.21. The van der Waals surface area contributed by atoms with Crippen LogP contribution in [0.5, 0.6) is 28.7 Å². The monoisotopic (exact) mass is 646 g/mol. The third-order valence-electron chi connectivity index (χ3n) is 9.04. The predicted molar refractivity (Wildman–Crippen MR) is 180 cm³/mol. The number of fused-ring (bicyclic) bond motifs is 1. The molecule has 47 heavy (non-hydrogen) atoms. The van der Waals surface area contributed by atoms with E-state index in [-0.39, 0.29) is 58.7 Å². The maximum Gasteiger partial charge on any atom is 0.238 e. The molecule has 0 bridgehead atoms. The van der Waals surface area contributed by atoms with Crippen LogP contribution in [0, 0.1) is 11.8 Å². The zero-order valence-electron chi connectivity index (χ0n) is 27.1. The van der Waals surface area contributed by atoms with Crippen molar-refractivity contribution in [2.45, 2.75) is 90.3 Å². The second-order valence-corrected chi connectivity index (χ2v) is 13.3. The Hall–Kier alpha value is -4.21. The Morgan fingerprint density at radius 3 is 2.36 bits per heavy atom. The summed E-state index contributed by atoms with van der Waals surface area (Å²) in [6.45, 7) is 3.93. The molecule has 0 spiro atoms. The maximum atomic E-state index is 13.8. The summed E-state index contributed by atoms with van der Waals surface area (Å²) in [5.41, 5.74) is 1.45. The molecule has 252 valence electrons. The summed E-state index contributed by atoms with van der Waals surface area (Å²) >= 11 is 0. The summed E-state index contributed by atoms with van der Waals surface area (Å²) in [6, 6.07) is 12.6. The van der Waals surface area contributed by atoms with Crippen molar-refractivity contribution in [2.24, 2.45) is 11.8 Å². The number of aliphatic hydroxyl groups is 2. The number of aliphatic hydroxyl groups excluding tert-OH is 2. The van der Waals surface area contributed by atoms with E-state index in [2.05, 4.69) is 0 Å². The molecule has 4 aromatic rings. The fraction of sp³-hybridized carbons (Fsp3) is 0.447. The summed E-state index contributed by atoms with van der Waals surface area (Å²) < 4.78 is 12.4. The highest BCUT2D eigenvalue weighted by atomic mass is 16.5. The Morgan fingerprint density at radius 2 is 1.66 bits per heavy atom. The van der Waals surface area contributed by atoms with Crippen LogP contribution in [0.3, 0.4) is 0 Å². The van der Waals surface area contributed by atoms with E-state index >= 15 is 0 Å². The lowest BCUT2D eigenvalue weighted by Gasteiger charge is -2.29. The minimum Gasteiger partial charge on any atom is -0.508 e. The molecule has 0 radical (unpaired) electrons. The second-order valence-electron chi connectivity index (χ2n) is 13.3. The molecule has 0 saturated heterocycles. The highest BCUT2D eigenvalue weighted by Gasteiger charge is 2.28. The van der Waals surface area contributed by atoms with Crippen molar-refractivity contribution in [3.8, 4) is 40.1 Å². The molecule has 9 nitrogen and oxygen atoms in total. The molecule has 9 heteroatoms. The standard InChI is InChI=1S/C38H46O9/c1-22(2)14-25-18-27(19-26(35(25)43)15-24-10-6-11-28(40)16-24)38-37(45)36(44)34-32(20-29(41)21-33(34)47-38)46-31(12-7-13-39)30(42)17-23-8-4-3-5-9-23/h6,10-11,16,18-23,30-31,39-43,45H,3-5,7-9,12-15,17H2,1-2H3/t30-,31-/m1/s1. The van der Waals surface area contributed by atoms with Crippen LogP contribution in [-0.4, -0.2) is 49.5 Å². The van der Waals surface area contributed by atoms with Crippen molar-refractivity contribution >= 4 is 11.0 Å². The van der Waals surface area contributed by atoms with Crippen LogP contribution >= 0.6 is 0 Å². The molecule has 1 aliphatic rings. The molecule has 1 saturated carbocycles. The van der Waals surface area contributed by atoms with Crippen molar-refractivity contribution in [1.29, 1.82) is 0 Å². The molecule has 1 fully saturated rings. The molecule has 1 aliphatic carbocycles. The molecule has 1 heterocycles. The molecule has 0 amide bonds. The van der Waals surface area contributed by atoms with E-state index in [1.165, 1.54) is 18.6 Å². The normalized spacial score (nSPS) is 15.3. The second kappa shape index (κ2) is 15.1. The highest BCUT2D eigenvalue weighted by molar-refractivity contribution is 5.88. The Bertz CT molecular complexity index is 1740. The lowest BCUT2D eigenvalue weighted by Crippen LogP contribution is -2.34. The van der Waals surface area contributed by atoms with Gasteiger partial charge >= 0.3 is 0 Å². The van der Waals surface area contributed by atoms with E-state index in [1.54, 1.807) is 30.3 Å². The van der Waals surface area contributed by atoms with Gasteiger partial charge in [0.15, 0.2) is 5.76 Å². The van der Waals surface area contributed by atoms with Crippen LogP contribution in [0.25, 0.3) is 22.3 Å². The summed E-state index contributed by atoms with van der Waals surface area (Å²) in [6.07, 6.45) is 5.90. The van der Waals surface area contributed by atoms with Crippen LogP contribution in [0.2, 0.25) is 0 Å². The topological polar surface area (TPSA) is 161 Å². The number of rotatable bonds is 13. The van der Waals surface area contributed by atoms with Crippen LogP contribution in [0.1, 0.15) is 81.9 Å². The molecule has 0 unspecified atom stereocenters. The summed E-state index contributed by atoms with van der Waals surface area (Å²) in [7, 11) is 0. The van der Waals surface area contributed by atoms with E-state index in [9.17, 15) is 35.4 Å². The lowest BCUT2D eigenvalue weighted by molar-refractivity contribution is 0.00987. The van der Waals surface area contributed by atoms with Gasteiger partial charge in [0, 0.05) is 30.7 Å². The van der Waals surface area contributed by atoms with Gasteiger partial charge in [0.2, 0.25) is 11.2 Å². The number of aromatic hydroxyl groups is 4. The van der Waals surface area contributed by atoms with Crippen LogP contribution < -0.4 is 10.2 Å². The van der Waals surface area contributed by atoms with Gasteiger partial charge < -0.3 is 39.8 Å². The van der Waals surface area contributed by atoms with E-state index in [0.717, 1.165) is 31.2 Å². The van der Waals surface area contributed by atoms with Crippen LogP contribution in [-0.2, 0) is 12.8 Å². The zero-order chi connectivity index (χ0) is 33.7. The average molecular weight is 647 g/mol. The van der Waals surface area contributed by atoms with Crippen molar-refractivity contribution in [2.75, 3.05) is 6.61 Å². The average Bonchev–Trinajstić information content (AvgIpc) is 3.02. The van der Waals surface area contributed by atoms with Crippen LogP contribution in [0.4, 0.5) is 0 Å². The zero-order valence-corrected chi connectivity index (χ0v) is 27.1. The smallest absolute Gasteiger partial charge is 0.238 e. The van der Waals surface area contributed by atoms with Gasteiger partial charge in [-0.1, -0.05) is 58.1 Å². The fourth-order valence-corrected chi connectivity index (χ4v) is 6.76. The van der Waals surface area contributed by atoms with Crippen molar-refractivity contribution in [1.82, 2.24) is 0 Å². The minimum atomic E-state index is -0.858. The van der Waals surface area contributed by atoms with Crippen molar-refractivity contribution in [3.05, 3.63) is 75.4 Å². The Labute approximate surface area is 274 Å². The van der Waals surface area contributed by atoms with Gasteiger partial charge in [0.1, 0.15) is 40.1 Å².